The summed E-state index contributed by atoms with van der Waals surface area (Å²) in [6, 6.07) is 9.32. The highest BCUT2D eigenvalue weighted by atomic mass is 127. The average molecular weight is 361 g/mol. The van der Waals surface area contributed by atoms with Crippen LogP contribution in [-0.2, 0) is 16.0 Å². The van der Waals surface area contributed by atoms with Crippen molar-refractivity contribution >= 4 is 34.7 Å². The van der Waals surface area contributed by atoms with Crippen LogP contribution in [0.25, 0.3) is 0 Å². The lowest BCUT2D eigenvalue weighted by Gasteiger charge is -2.13. The molecule has 1 aromatic rings. The molecular formula is C12H12INO4. The van der Waals surface area contributed by atoms with E-state index in [2.05, 4.69) is 0 Å². The number of carbonyl (C=O) groups is 2. The molecular weight excluding hydrogens is 349 g/mol. The van der Waals surface area contributed by atoms with Gasteiger partial charge in [0.05, 0.1) is 7.11 Å². The Morgan fingerprint density at radius 2 is 2.06 bits per heavy atom. The lowest BCUT2D eigenvalue weighted by atomic mass is 9.99. The van der Waals surface area contributed by atoms with E-state index in [1.807, 2.05) is 52.9 Å². The molecule has 1 aliphatic heterocycles. The average Bonchev–Trinajstić information content (AvgIpc) is 2.95. The molecule has 1 N–H and O–H groups in total. The number of carboxylic acid groups (broad SMARTS) is 1. The molecule has 1 aliphatic rings. The molecule has 5 nitrogen and oxygen atoms in total. The minimum absolute atomic E-state index is 0.334. The molecule has 0 spiro atoms. The van der Waals surface area contributed by atoms with E-state index in [4.69, 9.17) is 9.84 Å². The first kappa shape index (κ1) is 13.1. The summed E-state index contributed by atoms with van der Waals surface area (Å²) >= 11 is 1.96. The summed E-state index contributed by atoms with van der Waals surface area (Å²) < 4.78 is 4.36. The maximum atomic E-state index is 11.9. The second kappa shape index (κ2) is 4.75. The molecule has 6 heteroatoms. The van der Waals surface area contributed by atoms with Crippen LogP contribution in [0.4, 0.5) is 4.79 Å². The fourth-order valence-corrected chi connectivity index (χ4v) is 3.43. The first-order valence-corrected chi connectivity index (χ1v) is 6.57. The van der Waals surface area contributed by atoms with E-state index in [0.29, 0.717) is 6.42 Å². The van der Waals surface area contributed by atoms with Gasteiger partial charge in [-0.2, -0.15) is 0 Å². The summed E-state index contributed by atoms with van der Waals surface area (Å²) in [4.78, 5) is 24.1. The monoisotopic (exact) mass is 361 g/mol. The first-order valence-electron chi connectivity index (χ1n) is 5.32. The van der Waals surface area contributed by atoms with Crippen LogP contribution in [0.2, 0.25) is 0 Å². The van der Waals surface area contributed by atoms with E-state index in [9.17, 15) is 9.59 Å². The van der Waals surface area contributed by atoms with Crippen molar-refractivity contribution in [3.8, 4) is 0 Å². The van der Waals surface area contributed by atoms with Crippen molar-refractivity contribution in [1.29, 1.82) is 0 Å². The second-order valence-corrected chi connectivity index (χ2v) is 5.25. The normalized spacial score (nSPS) is 25.7. The van der Waals surface area contributed by atoms with Crippen LogP contribution in [0.3, 0.4) is 0 Å². The standard InChI is InChI=1S/C12H12INO4/c1-18-10(15)12(9(13)14(12)11(16)17)7-8-5-3-2-4-6-8/h2-6,9H,7H2,1H3,(H,16,17)/t9?,12-,14?/m1/s1. The Morgan fingerprint density at radius 3 is 2.50 bits per heavy atom. The molecule has 96 valence electrons. The third-order valence-electron chi connectivity index (χ3n) is 3.04. The van der Waals surface area contributed by atoms with Crippen molar-refractivity contribution in [2.24, 2.45) is 0 Å². The number of esters is 1. The van der Waals surface area contributed by atoms with Gasteiger partial charge in [0.15, 0.2) is 5.54 Å². The summed E-state index contributed by atoms with van der Waals surface area (Å²) in [5, 5.41) is 9.10. The molecule has 2 atom stereocenters. The molecule has 0 aliphatic carbocycles. The number of halogens is 1. The number of alkyl halides is 1. The maximum Gasteiger partial charge on any atom is 0.409 e. The molecule has 2 rings (SSSR count). The quantitative estimate of drug-likeness (QED) is 0.294. The molecule has 0 bridgehead atoms. The van der Waals surface area contributed by atoms with E-state index >= 15 is 0 Å². The minimum Gasteiger partial charge on any atom is -0.467 e. The predicted molar refractivity (Wildman–Crippen MR) is 72.6 cm³/mol. The largest absolute Gasteiger partial charge is 0.467 e. The number of rotatable bonds is 3. The fourth-order valence-electron chi connectivity index (χ4n) is 2.08. The SMILES string of the molecule is COC(=O)[C@@]1(Cc2ccccc2)C(I)N1C(=O)O. The van der Waals surface area contributed by atoms with Gasteiger partial charge in [-0.15, -0.1) is 0 Å². The van der Waals surface area contributed by atoms with Gasteiger partial charge in [-0.05, 0) is 5.56 Å². The van der Waals surface area contributed by atoms with Gasteiger partial charge < -0.3 is 9.84 Å². The second-order valence-electron chi connectivity index (χ2n) is 4.07. The lowest BCUT2D eigenvalue weighted by Crippen LogP contribution is -2.35. The van der Waals surface area contributed by atoms with Crippen molar-refractivity contribution < 1.29 is 19.4 Å². The Kier molecular flexibility index (Phi) is 3.47. The van der Waals surface area contributed by atoms with Gasteiger partial charge in [-0.1, -0.05) is 52.9 Å². The summed E-state index contributed by atoms with van der Waals surface area (Å²) in [5.74, 6) is -0.506. The smallest absolute Gasteiger partial charge is 0.409 e. The van der Waals surface area contributed by atoms with E-state index in [1.54, 1.807) is 0 Å². The van der Waals surface area contributed by atoms with Crippen molar-refractivity contribution in [2.75, 3.05) is 7.11 Å². The van der Waals surface area contributed by atoms with Gasteiger partial charge >= 0.3 is 12.1 Å². The first-order chi connectivity index (χ1) is 8.54. The Morgan fingerprint density at radius 1 is 1.44 bits per heavy atom. The number of carbonyl (C=O) groups excluding carboxylic acids is 1. The Labute approximate surface area is 118 Å². The summed E-state index contributed by atoms with van der Waals surface area (Å²) in [5.41, 5.74) is -0.170. The van der Waals surface area contributed by atoms with Gasteiger partial charge in [0.2, 0.25) is 0 Å². The number of ether oxygens (including phenoxy) is 1. The predicted octanol–water partition coefficient (Wildman–Crippen LogP) is 1.90. The highest BCUT2D eigenvalue weighted by molar-refractivity contribution is 14.1. The summed E-state index contributed by atoms with van der Waals surface area (Å²) in [6.45, 7) is 0. The maximum absolute atomic E-state index is 11.9. The van der Waals surface area contributed by atoms with Crippen LogP contribution in [0, 0.1) is 0 Å². The molecule has 0 radical (unpaired) electrons. The van der Waals surface area contributed by atoms with Gasteiger partial charge in [-0.25, -0.2) is 9.59 Å². The Bertz CT molecular complexity index is 478. The van der Waals surface area contributed by atoms with Crippen molar-refractivity contribution in [1.82, 2.24) is 4.90 Å². The van der Waals surface area contributed by atoms with Crippen molar-refractivity contribution in [3.63, 3.8) is 0 Å². The van der Waals surface area contributed by atoms with Crippen molar-refractivity contribution in [3.05, 3.63) is 35.9 Å². The topological polar surface area (TPSA) is 66.6 Å². The zero-order valence-electron chi connectivity index (χ0n) is 9.67. The molecule has 0 saturated carbocycles. The Hall–Kier alpha value is -1.31. The number of hydrogen-bond acceptors (Lipinski definition) is 3. The minimum atomic E-state index is -1.10. The summed E-state index contributed by atoms with van der Waals surface area (Å²) in [7, 11) is 1.27. The molecule has 1 aromatic carbocycles. The van der Waals surface area contributed by atoms with Crippen LogP contribution in [0.15, 0.2) is 30.3 Å². The van der Waals surface area contributed by atoms with E-state index in [0.717, 1.165) is 10.5 Å². The molecule has 0 aromatic heterocycles. The third-order valence-corrected chi connectivity index (χ3v) is 4.63. The zero-order chi connectivity index (χ0) is 13.3. The molecule has 1 unspecified atom stereocenters. The van der Waals surface area contributed by atoms with Crippen LogP contribution in [0.1, 0.15) is 5.56 Å². The van der Waals surface area contributed by atoms with Crippen molar-refractivity contribution in [2.45, 2.75) is 16.0 Å². The number of nitrogens with zero attached hydrogens (tertiary/aromatic N) is 1. The number of methoxy groups -OCH3 is 1. The molecule has 1 amide bonds. The number of hydrogen-bond donors (Lipinski definition) is 1. The number of amides is 1. The van der Waals surface area contributed by atoms with Crippen LogP contribution in [0.5, 0.6) is 0 Å². The molecule has 1 saturated heterocycles. The highest BCUT2D eigenvalue weighted by Crippen LogP contribution is 2.48. The van der Waals surface area contributed by atoms with E-state index in [-0.39, 0.29) is 4.05 Å². The lowest BCUT2D eigenvalue weighted by molar-refractivity contribution is -0.144. The van der Waals surface area contributed by atoms with E-state index in [1.165, 1.54) is 7.11 Å². The molecule has 1 heterocycles. The van der Waals surface area contributed by atoms with Gasteiger partial charge in [0, 0.05) is 6.42 Å². The summed E-state index contributed by atoms with van der Waals surface area (Å²) in [6.07, 6.45) is -0.767. The van der Waals surface area contributed by atoms with Crippen LogP contribution < -0.4 is 0 Å². The number of benzene rings is 1. The van der Waals surface area contributed by atoms with Crippen LogP contribution in [-0.4, -0.2) is 38.8 Å². The van der Waals surface area contributed by atoms with Gasteiger partial charge in [-0.3, -0.25) is 4.90 Å². The third kappa shape index (κ3) is 1.94. The zero-order valence-corrected chi connectivity index (χ0v) is 11.8. The molecule has 18 heavy (non-hydrogen) atoms. The van der Waals surface area contributed by atoms with Crippen LogP contribution >= 0.6 is 22.6 Å². The van der Waals surface area contributed by atoms with Gasteiger partial charge in [0.1, 0.15) is 4.05 Å². The molecule has 1 fully saturated rings. The van der Waals surface area contributed by atoms with Gasteiger partial charge in [0.25, 0.3) is 0 Å². The Balaban J connectivity index is 2.29. The highest BCUT2D eigenvalue weighted by Gasteiger charge is 2.70. The van der Waals surface area contributed by atoms with E-state index < -0.39 is 17.6 Å². The fraction of sp³-hybridized carbons (Fsp3) is 0.333.